The van der Waals surface area contributed by atoms with Gasteiger partial charge in [-0.05, 0) is 54.4 Å². The molecule has 3 aromatic carbocycles. The Labute approximate surface area is 196 Å². The fourth-order valence-electron chi connectivity index (χ4n) is 3.75. The predicted molar refractivity (Wildman–Crippen MR) is 139 cm³/mol. The first-order chi connectivity index (χ1) is 16.7. The van der Waals surface area contributed by atoms with Gasteiger partial charge < -0.3 is 5.11 Å². The molecule has 0 aliphatic carbocycles. The van der Waals surface area contributed by atoms with E-state index < -0.39 is 0 Å². The topological polar surface area (TPSA) is 94.8 Å². The van der Waals surface area contributed by atoms with Gasteiger partial charge in [-0.3, -0.25) is 20.8 Å². The van der Waals surface area contributed by atoms with E-state index in [1.807, 2.05) is 79.7 Å². The van der Waals surface area contributed by atoms with Crippen LogP contribution in [0.4, 0.5) is 11.4 Å². The third-order valence-electron chi connectivity index (χ3n) is 5.40. The molecule has 0 fully saturated rings. The number of rotatable bonds is 6. The van der Waals surface area contributed by atoms with E-state index in [0.717, 1.165) is 44.3 Å². The molecule has 0 unspecified atom stereocenters. The Bertz CT molecular complexity index is 1530. The number of phenolic OH excluding ortho intramolecular Hbond substituents is 1. The van der Waals surface area contributed by atoms with Crippen LogP contribution in [0.3, 0.4) is 0 Å². The minimum Gasteiger partial charge on any atom is -0.507 e. The summed E-state index contributed by atoms with van der Waals surface area (Å²) in [7, 11) is 0. The molecule has 5 aromatic rings. The van der Waals surface area contributed by atoms with Gasteiger partial charge in [0.1, 0.15) is 5.75 Å². The summed E-state index contributed by atoms with van der Waals surface area (Å²) in [6, 6.07) is 23.2. The number of hydrogen-bond donors (Lipinski definition) is 3. The molecule has 0 atom stereocenters. The standard InChI is InChI=1S/C27H22N6O/c1-18-14-19(16-30-32-23-10-2-6-20-8-4-12-28-25(20)23)15-22(27(18)34)17-31-33-24-11-3-7-21-9-5-13-29-26(21)24/h2-17,32-34H,1H3/b30-16-,31-17+. The van der Waals surface area contributed by atoms with Gasteiger partial charge in [-0.1, -0.05) is 36.4 Å². The van der Waals surface area contributed by atoms with E-state index in [0.29, 0.717) is 5.56 Å². The lowest BCUT2D eigenvalue weighted by Crippen LogP contribution is -1.97. The summed E-state index contributed by atoms with van der Waals surface area (Å²) in [4.78, 5) is 8.84. The van der Waals surface area contributed by atoms with Crippen molar-refractivity contribution < 1.29 is 5.11 Å². The molecule has 5 rings (SSSR count). The number of para-hydroxylation sites is 2. The van der Waals surface area contributed by atoms with Crippen LogP contribution in [0.25, 0.3) is 21.8 Å². The number of benzene rings is 3. The van der Waals surface area contributed by atoms with Crippen LogP contribution in [0.1, 0.15) is 16.7 Å². The highest BCUT2D eigenvalue weighted by molar-refractivity contribution is 5.93. The second-order valence-corrected chi connectivity index (χ2v) is 7.78. The summed E-state index contributed by atoms with van der Waals surface area (Å²) in [5.74, 6) is 0.171. The van der Waals surface area contributed by atoms with Crippen molar-refractivity contribution in [3.8, 4) is 5.75 Å². The van der Waals surface area contributed by atoms with Crippen molar-refractivity contribution in [1.82, 2.24) is 9.97 Å². The normalized spacial score (nSPS) is 11.6. The quantitative estimate of drug-likeness (QED) is 0.230. The fraction of sp³-hybridized carbons (Fsp3) is 0.0370. The Morgan fingerprint density at radius 2 is 1.29 bits per heavy atom. The van der Waals surface area contributed by atoms with E-state index >= 15 is 0 Å². The number of hydrogen-bond acceptors (Lipinski definition) is 7. The molecule has 2 heterocycles. The fourth-order valence-corrected chi connectivity index (χ4v) is 3.75. The molecule has 0 saturated carbocycles. The van der Waals surface area contributed by atoms with Gasteiger partial charge in [0.15, 0.2) is 0 Å². The van der Waals surface area contributed by atoms with Gasteiger partial charge in [0, 0.05) is 28.7 Å². The molecule has 0 bridgehead atoms. The van der Waals surface area contributed by atoms with Crippen LogP contribution in [0, 0.1) is 6.92 Å². The van der Waals surface area contributed by atoms with Crippen LogP contribution >= 0.6 is 0 Å². The smallest absolute Gasteiger partial charge is 0.127 e. The summed E-state index contributed by atoms with van der Waals surface area (Å²) in [6.07, 6.45) is 6.79. The number of hydrazone groups is 2. The summed E-state index contributed by atoms with van der Waals surface area (Å²) >= 11 is 0. The van der Waals surface area contributed by atoms with Crippen molar-refractivity contribution in [2.45, 2.75) is 6.92 Å². The van der Waals surface area contributed by atoms with E-state index in [1.165, 1.54) is 0 Å². The van der Waals surface area contributed by atoms with Crippen LogP contribution in [0.5, 0.6) is 5.75 Å². The third-order valence-corrected chi connectivity index (χ3v) is 5.40. The summed E-state index contributed by atoms with van der Waals surface area (Å²) in [6.45, 7) is 1.84. The molecule has 0 saturated heterocycles. The maximum Gasteiger partial charge on any atom is 0.127 e. The molecule has 0 radical (unpaired) electrons. The Morgan fingerprint density at radius 1 is 0.735 bits per heavy atom. The van der Waals surface area contributed by atoms with Crippen molar-refractivity contribution in [2.24, 2.45) is 10.2 Å². The maximum absolute atomic E-state index is 10.5. The highest BCUT2D eigenvalue weighted by Gasteiger charge is 2.06. The molecule has 0 amide bonds. The van der Waals surface area contributed by atoms with Gasteiger partial charge in [0.25, 0.3) is 0 Å². The monoisotopic (exact) mass is 446 g/mol. The van der Waals surface area contributed by atoms with Gasteiger partial charge in [0.2, 0.25) is 0 Å². The number of aromatic hydroxyl groups is 1. The van der Waals surface area contributed by atoms with Gasteiger partial charge in [0.05, 0.1) is 34.8 Å². The minimum atomic E-state index is 0.171. The van der Waals surface area contributed by atoms with Crippen LogP contribution in [0.15, 0.2) is 95.4 Å². The number of fused-ring (bicyclic) bond motifs is 2. The van der Waals surface area contributed by atoms with Crippen LogP contribution in [-0.2, 0) is 0 Å². The Hall–Kier alpha value is -4.78. The summed E-state index contributed by atoms with van der Waals surface area (Å²) in [5.41, 5.74) is 11.5. The summed E-state index contributed by atoms with van der Waals surface area (Å²) in [5, 5.41) is 21.3. The van der Waals surface area contributed by atoms with Crippen molar-refractivity contribution in [1.29, 1.82) is 0 Å². The first-order valence-corrected chi connectivity index (χ1v) is 10.8. The lowest BCUT2D eigenvalue weighted by Gasteiger charge is -2.07. The lowest BCUT2D eigenvalue weighted by atomic mass is 10.1. The third kappa shape index (κ3) is 4.40. The van der Waals surface area contributed by atoms with Crippen LogP contribution < -0.4 is 10.9 Å². The molecule has 0 aliphatic rings. The SMILES string of the molecule is Cc1cc(/C=N\Nc2cccc3cccnc23)cc(/C=N/Nc2cccc3cccnc23)c1O. The van der Waals surface area contributed by atoms with Gasteiger partial charge in [-0.25, -0.2) is 0 Å². The number of phenols is 1. The molecule has 0 spiro atoms. The Morgan fingerprint density at radius 3 is 1.91 bits per heavy atom. The molecule has 7 nitrogen and oxygen atoms in total. The van der Waals surface area contributed by atoms with Crippen molar-refractivity contribution in [2.75, 3.05) is 10.9 Å². The lowest BCUT2D eigenvalue weighted by molar-refractivity contribution is 0.470. The predicted octanol–water partition coefficient (Wildman–Crippen LogP) is 5.69. The van der Waals surface area contributed by atoms with Crippen LogP contribution in [0.2, 0.25) is 0 Å². The number of anilines is 2. The van der Waals surface area contributed by atoms with E-state index in [9.17, 15) is 5.11 Å². The second kappa shape index (κ2) is 9.38. The average molecular weight is 447 g/mol. The first-order valence-electron chi connectivity index (χ1n) is 10.8. The zero-order valence-corrected chi connectivity index (χ0v) is 18.5. The Balaban J connectivity index is 1.35. The van der Waals surface area contributed by atoms with E-state index in [2.05, 4.69) is 31.0 Å². The van der Waals surface area contributed by atoms with Crippen molar-refractivity contribution >= 4 is 45.6 Å². The summed E-state index contributed by atoms with van der Waals surface area (Å²) < 4.78 is 0. The Kier molecular flexibility index (Phi) is 5.82. The molecule has 3 N–H and O–H groups in total. The number of pyridine rings is 2. The second-order valence-electron chi connectivity index (χ2n) is 7.78. The van der Waals surface area contributed by atoms with E-state index in [4.69, 9.17) is 0 Å². The molecule has 166 valence electrons. The highest BCUT2D eigenvalue weighted by Crippen LogP contribution is 2.24. The van der Waals surface area contributed by atoms with Crippen molar-refractivity contribution in [3.63, 3.8) is 0 Å². The van der Waals surface area contributed by atoms with Crippen molar-refractivity contribution in [3.05, 3.63) is 102 Å². The molecular formula is C27H22N6O. The van der Waals surface area contributed by atoms with E-state index in [-0.39, 0.29) is 5.75 Å². The first kappa shape index (κ1) is 21.1. The maximum atomic E-state index is 10.5. The molecule has 7 heteroatoms. The zero-order valence-electron chi connectivity index (χ0n) is 18.5. The zero-order chi connectivity index (χ0) is 23.3. The molecular weight excluding hydrogens is 424 g/mol. The number of nitrogens with one attached hydrogen (secondary N) is 2. The number of aromatic nitrogens is 2. The molecule has 0 aliphatic heterocycles. The van der Waals surface area contributed by atoms with Gasteiger partial charge in [-0.15, -0.1) is 0 Å². The largest absolute Gasteiger partial charge is 0.507 e. The molecule has 34 heavy (non-hydrogen) atoms. The average Bonchev–Trinajstić information content (AvgIpc) is 2.87. The van der Waals surface area contributed by atoms with Gasteiger partial charge in [-0.2, -0.15) is 10.2 Å². The van der Waals surface area contributed by atoms with Gasteiger partial charge >= 0.3 is 0 Å². The number of nitrogens with zero attached hydrogens (tertiary/aromatic N) is 4. The highest BCUT2D eigenvalue weighted by atomic mass is 16.3. The van der Waals surface area contributed by atoms with Crippen LogP contribution in [-0.4, -0.2) is 27.5 Å². The minimum absolute atomic E-state index is 0.171. The molecule has 2 aromatic heterocycles. The van der Waals surface area contributed by atoms with E-state index in [1.54, 1.807) is 24.8 Å². The number of aryl methyl sites for hydroxylation is 1.